The Hall–Kier alpha value is -2.16. The molecule has 0 aliphatic carbocycles. The van der Waals surface area contributed by atoms with E-state index in [2.05, 4.69) is 27.1 Å². The molecule has 16 heavy (non-hydrogen) atoms. The van der Waals surface area contributed by atoms with E-state index >= 15 is 0 Å². The number of hydrogen-bond acceptors (Lipinski definition) is 2. The minimum atomic E-state index is 0.993. The number of fused-ring (bicyclic) bond motifs is 1. The topological polar surface area (TPSA) is 41.6 Å². The van der Waals surface area contributed by atoms with Crippen LogP contribution in [0.2, 0.25) is 0 Å². The van der Waals surface area contributed by atoms with Gasteiger partial charge >= 0.3 is 0 Å². The second kappa shape index (κ2) is 3.45. The monoisotopic (exact) mass is 209 g/mol. The summed E-state index contributed by atoms with van der Waals surface area (Å²) in [5.74, 6) is 0. The number of nitrogens with zero attached hydrogens (tertiary/aromatic N) is 2. The summed E-state index contributed by atoms with van der Waals surface area (Å²) in [6.07, 6.45) is 5.42. The van der Waals surface area contributed by atoms with Gasteiger partial charge in [0.2, 0.25) is 0 Å². The Bertz CT molecular complexity index is 640. The van der Waals surface area contributed by atoms with E-state index in [1.165, 1.54) is 5.39 Å². The lowest BCUT2D eigenvalue weighted by Crippen LogP contribution is -1.88. The smallest absolute Gasteiger partial charge is 0.116 e. The SMILES string of the molecule is Cc1cncnc1-c1c[nH]c2ccccc12. The molecule has 2 heterocycles. The quantitative estimate of drug-likeness (QED) is 0.669. The van der Waals surface area contributed by atoms with E-state index in [1.807, 2.05) is 31.5 Å². The fourth-order valence-corrected chi connectivity index (χ4v) is 1.95. The highest BCUT2D eigenvalue weighted by molar-refractivity contribution is 5.95. The minimum absolute atomic E-state index is 0.993. The summed E-state index contributed by atoms with van der Waals surface area (Å²) in [7, 11) is 0. The van der Waals surface area contributed by atoms with Gasteiger partial charge in [-0.1, -0.05) is 18.2 Å². The Morgan fingerprint density at radius 2 is 2.06 bits per heavy atom. The van der Waals surface area contributed by atoms with Gasteiger partial charge in [0.15, 0.2) is 0 Å². The molecule has 0 saturated heterocycles. The lowest BCUT2D eigenvalue weighted by atomic mass is 10.1. The van der Waals surface area contributed by atoms with Crippen LogP contribution < -0.4 is 0 Å². The Balaban J connectivity index is 2.31. The summed E-state index contributed by atoms with van der Waals surface area (Å²) in [4.78, 5) is 11.6. The predicted molar refractivity (Wildman–Crippen MR) is 64.1 cm³/mol. The standard InChI is InChI=1S/C13H11N3/c1-9-6-14-8-16-13(9)11-7-15-12-5-3-2-4-10(11)12/h2-8,15H,1H3. The highest BCUT2D eigenvalue weighted by Gasteiger charge is 2.08. The van der Waals surface area contributed by atoms with Crippen molar-refractivity contribution in [2.75, 3.05) is 0 Å². The van der Waals surface area contributed by atoms with E-state index in [1.54, 1.807) is 6.33 Å². The van der Waals surface area contributed by atoms with Gasteiger partial charge in [0.05, 0.1) is 5.69 Å². The molecule has 2 aromatic heterocycles. The molecule has 1 N–H and O–H groups in total. The van der Waals surface area contributed by atoms with Crippen LogP contribution in [0.1, 0.15) is 5.56 Å². The predicted octanol–water partition coefficient (Wildman–Crippen LogP) is 2.93. The number of rotatable bonds is 1. The number of para-hydroxylation sites is 1. The van der Waals surface area contributed by atoms with Crippen LogP contribution in [0.5, 0.6) is 0 Å². The third-order valence-electron chi connectivity index (χ3n) is 2.74. The molecule has 3 rings (SSSR count). The first-order chi connectivity index (χ1) is 7.86. The van der Waals surface area contributed by atoms with Crippen molar-refractivity contribution in [1.82, 2.24) is 15.0 Å². The minimum Gasteiger partial charge on any atom is -0.360 e. The van der Waals surface area contributed by atoms with E-state index < -0.39 is 0 Å². The van der Waals surface area contributed by atoms with Crippen LogP contribution in [-0.4, -0.2) is 15.0 Å². The molecule has 3 nitrogen and oxygen atoms in total. The van der Waals surface area contributed by atoms with Crippen LogP contribution in [0, 0.1) is 6.92 Å². The van der Waals surface area contributed by atoms with Crippen LogP contribution in [0.15, 0.2) is 43.0 Å². The summed E-state index contributed by atoms with van der Waals surface area (Å²) in [5.41, 5.74) is 4.35. The van der Waals surface area contributed by atoms with Gasteiger partial charge in [-0.05, 0) is 18.6 Å². The highest BCUT2D eigenvalue weighted by atomic mass is 14.8. The number of aromatic nitrogens is 3. The summed E-state index contributed by atoms with van der Waals surface area (Å²) in [5, 5.41) is 1.20. The van der Waals surface area contributed by atoms with Gasteiger partial charge in [0.1, 0.15) is 6.33 Å². The maximum Gasteiger partial charge on any atom is 0.116 e. The van der Waals surface area contributed by atoms with E-state index in [0.717, 1.165) is 22.3 Å². The third kappa shape index (κ3) is 1.29. The van der Waals surface area contributed by atoms with Crippen LogP contribution >= 0.6 is 0 Å². The second-order valence-electron chi connectivity index (χ2n) is 3.80. The number of H-pyrrole nitrogens is 1. The Kier molecular flexibility index (Phi) is 1.96. The van der Waals surface area contributed by atoms with E-state index in [-0.39, 0.29) is 0 Å². The van der Waals surface area contributed by atoms with Crippen molar-refractivity contribution < 1.29 is 0 Å². The zero-order valence-electron chi connectivity index (χ0n) is 8.94. The van der Waals surface area contributed by atoms with Crippen LogP contribution in [0.3, 0.4) is 0 Å². The molecule has 0 bridgehead atoms. The molecular formula is C13H11N3. The maximum absolute atomic E-state index is 4.34. The molecule has 0 amide bonds. The van der Waals surface area contributed by atoms with Gasteiger partial charge in [-0.2, -0.15) is 0 Å². The van der Waals surface area contributed by atoms with Crippen molar-refractivity contribution in [1.29, 1.82) is 0 Å². The number of benzene rings is 1. The average Bonchev–Trinajstić information content (AvgIpc) is 2.74. The first kappa shape index (κ1) is 9.09. The normalized spacial score (nSPS) is 10.8. The molecule has 0 aliphatic heterocycles. The van der Waals surface area contributed by atoms with Crippen molar-refractivity contribution in [2.45, 2.75) is 6.92 Å². The van der Waals surface area contributed by atoms with Crippen molar-refractivity contribution in [2.24, 2.45) is 0 Å². The molecule has 3 heteroatoms. The maximum atomic E-state index is 4.34. The molecule has 0 aliphatic rings. The van der Waals surface area contributed by atoms with Crippen molar-refractivity contribution >= 4 is 10.9 Å². The largest absolute Gasteiger partial charge is 0.360 e. The molecule has 0 fully saturated rings. The van der Waals surface area contributed by atoms with Gasteiger partial charge in [0, 0.05) is 28.9 Å². The van der Waals surface area contributed by atoms with Gasteiger partial charge in [-0.3, -0.25) is 0 Å². The summed E-state index contributed by atoms with van der Waals surface area (Å²) in [6.45, 7) is 2.02. The van der Waals surface area contributed by atoms with Gasteiger partial charge in [-0.25, -0.2) is 9.97 Å². The number of aryl methyl sites for hydroxylation is 1. The highest BCUT2D eigenvalue weighted by Crippen LogP contribution is 2.28. The molecule has 0 atom stereocenters. The van der Waals surface area contributed by atoms with Gasteiger partial charge in [-0.15, -0.1) is 0 Å². The summed E-state index contributed by atoms with van der Waals surface area (Å²) >= 11 is 0. The fourth-order valence-electron chi connectivity index (χ4n) is 1.95. The van der Waals surface area contributed by atoms with E-state index in [9.17, 15) is 0 Å². The van der Waals surface area contributed by atoms with Crippen molar-refractivity contribution in [3.63, 3.8) is 0 Å². The molecule has 1 aromatic carbocycles. The van der Waals surface area contributed by atoms with Crippen molar-refractivity contribution in [3.8, 4) is 11.3 Å². The Morgan fingerprint density at radius 1 is 1.19 bits per heavy atom. The lowest BCUT2D eigenvalue weighted by Gasteiger charge is -2.01. The summed E-state index contributed by atoms with van der Waals surface area (Å²) in [6, 6.07) is 8.23. The number of hydrogen-bond donors (Lipinski definition) is 1. The van der Waals surface area contributed by atoms with Crippen LogP contribution in [-0.2, 0) is 0 Å². The molecule has 0 radical (unpaired) electrons. The van der Waals surface area contributed by atoms with Gasteiger partial charge in [0.25, 0.3) is 0 Å². The van der Waals surface area contributed by atoms with Crippen LogP contribution in [0.25, 0.3) is 22.2 Å². The first-order valence-electron chi connectivity index (χ1n) is 5.19. The molecule has 0 saturated carbocycles. The van der Waals surface area contributed by atoms with Crippen LogP contribution in [0.4, 0.5) is 0 Å². The third-order valence-corrected chi connectivity index (χ3v) is 2.74. The molecule has 0 unspecified atom stereocenters. The van der Waals surface area contributed by atoms with Crippen molar-refractivity contribution in [3.05, 3.63) is 48.5 Å². The average molecular weight is 209 g/mol. The van der Waals surface area contributed by atoms with E-state index in [0.29, 0.717) is 0 Å². The number of nitrogens with one attached hydrogen (secondary N) is 1. The molecular weight excluding hydrogens is 198 g/mol. The summed E-state index contributed by atoms with van der Waals surface area (Å²) < 4.78 is 0. The Labute approximate surface area is 93.2 Å². The zero-order valence-corrected chi connectivity index (χ0v) is 8.94. The lowest BCUT2D eigenvalue weighted by molar-refractivity contribution is 1.14. The zero-order chi connectivity index (χ0) is 11.0. The van der Waals surface area contributed by atoms with E-state index in [4.69, 9.17) is 0 Å². The Morgan fingerprint density at radius 3 is 2.94 bits per heavy atom. The molecule has 78 valence electrons. The molecule has 3 aromatic rings. The first-order valence-corrected chi connectivity index (χ1v) is 5.19. The fraction of sp³-hybridized carbons (Fsp3) is 0.0769. The second-order valence-corrected chi connectivity index (χ2v) is 3.80. The number of aromatic amines is 1. The molecule has 0 spiro atoms. The van der Waals surface area contributed by atoms with Gasteiger partial charge < -0.3 is 4.98 Å².